The number of hydrogen-bond donors (Lipinski definition) is 2. The first-order valence-corrected chi connectivity index (χ1v) is 8.94. The van der Waals surface area contributed by atoms with E-state index in [9.17, 15) is 5.26 Å². The highest BCUT2D eigenvalue weighted by molar-refractivity contribution is 6.02. The second kappa shape index (κ2) is 6.85. The van der Waals surface area contributed by atoms with Crippen LogP contribution in [0.3, 0.4) is 0 Å². The van der Waals surface area contributed by atoms with E-state index in [1.165, 1.54) is 6.20 Å². The molecule has 3 heterocycles. The lowest BCUT2D eigenvalue weighted by Gasteiger charge is -2.34. The number of amidine groups is 1. The monoisotopic (exact) mass is 363 g/mol. The lowest BCUT2D eigenvalue weighted by atomic mass is 9.78. The molecular formula is C19H21N7O. The van der Waals surface area contributed by atoms with Gasteiger partial charge in [0.2, 0.25) is 0 Å². The molecule has 0 amide bonds. The van der Waals surface area contributed by atoms with Crippen molar-refractivity contribution in [3.8, 4) is 6.07 Å². The van der Waals surface area contributed by atoms with Crippen molar-refractivity contribution in [2.24, 2.45) is 22.4 Å². The van der Waals surface area contributed by atoms with Crippen molar-refractivity contribution in [1.82, 2.24) is 15.2 Å². The van der Waals surface area contributed by atoms with Gasteiger partial charge in [-0.05, 0) is 48.4 Å². The van der Waals surface area contributed by atoms with Gasteiger partial charge in [0.05, 0.1) is 23.3 Å². The fourth-order valence-electron chi connectivity index (χ4n) is 4.09. The summed E-state index contributed by atoms with van der Waals surface area (Å²) in [6.45, 7) is 1.90. The predicted octanol–water partition coefficient (Wildman–Crippen LogP) is 1.64. The first-order chi connectivity index (χ1) is 13.1. The van der Waals surface area contributed by atoms with Crippen LogP contribution in [0.4, 0.5) is 0 Å². The van der Waals surface area contributed by atoms with Gasteiger partial charge in [-0.1, -0.05) is 12.1 Å². The average molecular weight is 363 g/mol. The van der Waals surface area contributed by atoms with Gasteiger partial charge in [-0.2, -0.15) is 5.26 Å². The Bertz CT molecular complexity index is 1010. The van der Waals surface area contributed by atoms with Crippen LogP contribution in [0, 0.1) is 17.2 Å². The van der Waals surface area contributed by atoms with E-state index in [4.69, 9.17) is 16.1 Å². The van der Waals surface area contributed by atoms with Crippen molar-refractivity contribution in [2.45, 2.75) is 18.8 Å². The fraction of sp³-hybridized carbons (Fsp3) is 0.368. The average Bonchev–Trinajstić information content (AvgIpc) is 3.16. The quantitative estimate of drug-likeness (QED) is 0.829. The molecule has 2 aliphatic heterocycles. The number of likely N-dealkylation sites (tertiary alicyclic amines) is 1. The van der Waals surface area contributed by atoms with E-state index in [1.807, 2.05) is 18.2 Å². The summed E-state index contributed by atoms with van der Waals surface area (Å²) in [5.74, 6) is 0.0712. The van der Waals surface area contributed by atoms with Crippen LogP contribution < -0.4 is 11.5 Å². The molecule has 8 nitrogen and oxygen atoms in total. The van der Waals surface area contributed by atoms with Gasteiger partial charge in [-0.25, -0.2) is 9.62 Å². The number of aliphatic imine (C=N–C) groups is 1. The number of nitrogens with two attached hydrogens (primary N) is 2. The summed E-state index contributed by atoms with van der Waals surface area (Å²) >= 11 is 0. The summed E-state index contributed by atoms with van der Waals surface area (Å²) < 4.78 is 4.90. The third kappa shape index (κ3) is 2.86. The van der Waals surface area contributed by atoms with Crippen LogP contribution in [0.5, 0.6) is 0 Å². The Morgan fingerprint density at radius 3 is 2.96 bits per heavy atom. The lowest BCUT2D eigenvalue weighted by Crippen LogP contribution is -2.35. The molecule has 4 rings (SSSR count). The smallest absolute Gasteiger partial charge is 0.139 e. The molecule has 0 saturated carbocycles. The summed E-state index contributed by atoms with van der Waals surface area (Å²) in [5, 5.41) is 18.0. The van der Waals surface area contributed by atoms with Gasteiger partial charge in [0.1, 0.15) is 16.9 Å². The largest absolute Gasteiger partial charge is 0.404 e. The molecule has 2 unspecified atom stereocenters. The van der Waals surface area contributed by atoms with Gasteiger partial charge in [-0.15, -0.1) is 0 Å². The highest BCUT2D eigenvalue weighted by Crippen LogP contribution is 2.42. The Morgan fingerprint density at radius 1 is 1.37 bits per heavy atom. The summed E-state index contributed by atoms with van der Waals surface area (Å²) in [6, 6.07) is 7.96. The van der Waals surface area contributed by atoms with E-state index in [1.54, 1.807) is 0 Å². The van der Waals surface area contributed by atoms with Crippen LogP contribution in [-0.2, 0) is 0 Å². The molecule has 1 saturated heterocycles. The number of piperidine rings is 1. The molecule has 27 heavy (non-hydrogen) atoms. The first kappa shape index (κ1) is 17.2. The van der Waals surface area contributed by atoms with Gasteiger partial charge in [0.15, 0.2) is 0 Å². The molecule has 0 aliphatic carbocycles. The number of benzene rings is 1. The number of rotatable bonds is 2. The lowest BCUT2D eigenvalue weighted by molar-refractivity contribution is 0.229. The van der Waals surface area contributed by atoms with Gasteiger partial charge in [0.25, 0.3) is 0 Å². The zero-order valence-electron chi connectivity index (χ0n) is 15.1. The summed E-state index contributed by atoms with van der Waals surface area (Å²) in [4.78, 5) is 6.86. The Hall–Kier alpha value is -3.18. The van der Waals surface area contributed by atoms with E-state index in [0.717, 1.165) is 37.2 Å². The summed E-state index contributed by atoms with van der Waals surface area (Å²) in [6.07, 6.45) is 3.47. The SMILES string of the molecule is CN1CCCC(C2=C(C#N)C(c3cccc4nonc34)/C(=C/N)C(N)=N2)C1. The molecule has 4 N–H and O–H groups in total. The Kier molecular flexibility index (Phi) is 4.38. The maximum atomic E-state index is 10.1. The minimum absolute atomic E-state index is 0.161. The van der Waals surface area contributed by atoms with Crippen molar-refractivity contribution in [1.29, 1.82) is 5.26 Å². The van der Waals surface area contributed by atoms with Crippen LogP contribution in [0.15, 0.2) is 50.9 Å². The van der Waals surface area contributed by atoms with E-state index < -0.39 is 5.92 Å². The highest BCUT2D eigenvalue weighted by atomic mass is 16.6. The third-order valence-corrected chi connectivity index (χ3v) is 5.35. The molecule has 1 fully saturated rings. The molecule has 2 aromatic rings. The van der Waals surface area contributed by atoms with Crippen LogP contribution in [0.1, 0.15) is 24.3 Å². The molecule has 0 spiro atoms. The summed E-state index contributed by atoms with van der Waals surface area (Å²) in [7, 11) is 2.08. The van der Waals surface area contributed by atoms with E-state index >= 15 is 0 Å². The third-order valence-electron chi connectivity index (χ3n) is 5.35. The molecular weight excluding hydrogens is 342 g/mol. The maximum absolute atomic E-state index is 10.1. The molecule has 1 aromatic carbocycles. The zero-order valence-corrected chi connectivity index (χ0v) is 15.1. The second-order valence-corrected chi connectivity index (χ2v) is 7.04. The molecule has 2 atom stereocenters. The standard InChI is InChI=1S/C19H21N7O/c1-26-7-3-4-11(10-26)17-13(8-20)16(14(9-21)19(22)23-17)12-5-2-6-15-18(12)25-27-24-15/h2,5-6,9,11,16H,3-4,7,10,21H2,1H3,(H2,22,23)/b14-9-. The predicted molar refractivity (Wildman–Crippen MR) is 101 cm³/mol. The number of fused-ring (bicyclic) bond motifs is 1. The van der Waals surface area contributed by atoms with E-state index in [0.29, 0.717) is 28.0 Å². The van der Waals surface area contributed by atoms with Crippen molar-refractivity contribution < 1.29 is 4.63 Å². The molecule has 0 radical (unpaired) electrons. The molecule has 0 bridgehead atoms. The van der Waals surface area contributed by atoms with Crippen LogP contribution >= 0.6 is 0 Å². The molecule has 138 valence electrons. The molecule has 2 aliphatic rings. The zero-order chi connectivity index (χ0) is 19.0. The number of hydrogen-bond acceptors (Lipinski definition) is 8. The first-order valence-electron chi connectivity index (χ1n) is 8.94. The van der Waals surface area contributed by atoms with Crippen molar-refractivity contribution >= 4 is 16.9 Å². The number of allylic oxidation sites excluding steroid dienone is 1. The Labute approximate surface area is 156 Å². The maximum Gasteiger partial charge on any atom is 0.139 e. The van der Waals surface area contributed by atoms with Crippen LogP contribution in [0.2, 0.25) is 0 Å². The minimum Gasteiger partial charge on any atom is -0.404 e. The minimum atomic E-state index is -0.435. The van der Waals surface area contributed by atoms with E-state index in [2.05, 4.69) is 33.3 Å². The molecule has 8 heteroatoms. The number of nitriles is 1. The summed E-state index contributed by atoms with van der Waals surface area (Å²) in [5.41, 5.74) is 16.1. The molecule has 1 aromatic heterocycles. The van der Waals surface area contributed by atoms with Gasteiger partial charge < -0.3 is 16.4 Å². The fourth-order valence-corrected chi connectivity index (χ4v) is 4.09. The second-order valence-electron chi connectivity index (χ2n) is 7.04. The Morgan fingerprint density at radius 2 is 2.22 bits per heavy atom. The van der Waals surface area contributed by atoms with Crippen LogP contribution in [-0.4, -0.2) is 41.2 Å². The van der Waals surface area contributed by atoms with Gasteiger partial charge >= 0.3 is 0 Å². The van der Waals surface area contributed by atoms with Crippen LogP contribution in [0.25, 0.3) is 11.0 Å². The van der Waals surface area contributed by atoms with Crippen molar-refractivity contribution in [3.05, 3.63) is 46.8 Å². The van der Waals surface area contributed by atoms with E-state index in [-0.39, 0.29) is 5.92 Å². The topological polar surface area (TPSA) is 130 Å². The van der Waals surface area contributed by atoms with Crippen molar-refractivity contribution in [3.63, 3.8) is 0 Å². The number of nitrogens with zero attached hydrogens (tertiary/aromatic N) is 5. The van der Waals surface area contributed by atoms with Crippen molar-refractivity contribution in [2.75, 3.05) is 20.1 Å². The van der Waals surface area contributed by atoms with Gasteiger partial charge in [0, 0.05) is 24.2 Å². The van der Waals surface area contributed by atoms with Gasteiger partial charge in [-0.3, -0.25) is 0 Å². The normalized spacial score (nSPS) is 25.6. The Balaban J connectivity index is 1.91. The highest BCUT2D eigenvalue weighted by Gasteiger charge is 2.36. The number of aromatic nitrogens is 2.